The number of carboxylic acid groups (broad SMARTS) is 1. The summed E-state index contributed by atoms with van der Waals surface area (Å²) in [5.74, 6) is -0.940. The molecule has 2 aromatic rings. The molecule has 0 fully saturated rings. The van der Waals surface area contributed by atoms with Crippen LogP contribution in [0.4, 0.5) is 0 Å². The second-order valence-corrected chi connectivity index (χ2v) is 3.63. The maximum Gasteiger partial charge on any atom is 0.352 e. The summed E-state index contributed by atoms with van der Waals surface area (Å²) >= 11 is 0. The number of aryl methyl sites for hydroxylation is 2. The number of aromatic nitrogens is 2. The average molecular weight is 216 g/mol. The van der Waals surface area contributed by atoms with E-state index in [1.807, 2.05) is 26.0 Å². The first kappa shape index (κ1) is 10.4. The zero-order valence-corrected chi connectivity index (χ0v) is 9.14. The third kappa shape index (κ3) is 1.69. The number of hydrogen-bond acceptors (Lipinski definition) is 2. The largest absolute Gasteiger partial charge is 0.477 e. The van der Waals surface area contributed by atoms with Gasteiger partial charge in [-0.05, 0) is 38.1 Å². The van der Waals surface area contributed by atoms with Gasteiger partial charge in [0.2, 0.25) is 0 Å². The summed E-state index contributed by atoms with van der Waals surface area (Å²) in [6, 6.07) is 7.03. The third-order valence-electron chi connectivity index (χ3n) is 2.42. The predicted molar refractivity (Wildman–Crippen MR) is 60.0 cm³/mol. The number of carboxylic acids is 1. The molecule has 82 valence electrons. The zero-order valence-electron chi connectivity index (χ0n) is 9.14. The van der Waals surface area contributed by atoms with Gasteiger partial charge in [-0.1, -0.05) is 0 Å². The topological polar surface area (TPSA) is 55.1 Å². The quantitative estimate of drug-likeness (QED) is 0.837. The number of carbonyl (C=O) groups is 1. The Hall–Kier alpha value is -2.10. The van der Waals surface area contributed by atoms with Gasteiger partial charge in [0.15, 0.2) is 0 Å². The van der Waals surface area contributed by atoms with Crippen molar-refractivity contribution in [2.24, 2.45) is 0 Å². The minimum absolute atomic E-state index is 0.244. The van der Waals surface area contributed by atoms with Crippen LogP contribution in [0.2, 0.25) is 0 Å². The summed E-state index contributed by atoms with van der Waals surface area (Å²) in [5, 5.41) is 9.02. The van der Waals surface area contributed by atoms with E-state index in [2.05, 4.69) is 4.98 Å². The molecule has 0 radical (unpaired) electrons. The smallest absolute Gasteiger partial charge is 0.352 e. The van der Waals surface area contributed by atoms with E-state index in [4.69, 9.17) is 5.11 Å². The summed E-state index contributed by atoms with van der Waals surface area (Å²) in [5.41, 5.74) is 2.78. The molecule has 0 unspecified atom stereocenters. The second kappa shape index (κ2) is 3.81. The van der Waals surface area contributed by atoms with Crippen molar-refractivity contribution < 1.29 is 9.90 Å². The molecule has 0 aliphatic carbocycles. The molecule has 2 aromatic heterocycles. The lowest BCUT2D eigenvalue weighted by molar-refractivity contribution is 0.0688. The molecular formula is C12H12N2O2. The van der Waals surface area contributed by atoms with E-state index in [-0.39, 0.29) is 5.69 Å². The maximum absolute atomic E-state index is 11.0. The van der Waals surface area contributed by atoms with E-state index < -0.39 is 5.97 Å². The first-order valence-corrected chi connectivity index (χ1v) is 4.95. The fourth-order valence-electron chi connectivity index (χ4n) is 1.70. The minimum atomic E-state index is -0.940. The van der Waals surface area contributed by atoms with Crippen LogP contribution in [-0.2, 0) is 0 Å². The standard InChI is InChI=1S/C12H12N2O2/c1-8-5-6-10(9(2)13-8)14-7-3-4-11(14)12(15)16/h3-7H,1-2H3,(H,15,16). The summed E-state index contributed by atoms with van der Waals surface area (Å²) in [4.78, 5) is 15.3. The molecule has 0 spiro atoms. The van der Waals surface area contributed by atoms with Crippen LogP contribution in [0.25, 0.3) is 5.69 Å². The summed E-state index contributed by atoms with van der Waals surface area (Å²) in [7, 11) is 0. The van der Waals surface area contributed by atoms with Crippen molar-refractivity contribution in [2.45, 2.75) is 13.8 Å². The van der Waals surface area contributed by atoms with Gasteiger partial charge in [-0.15, -0.1) is 0 Å². The van der Waals surface area contributed by atoms with Crippen LogP contribution in [-0.4, -0.2) is 20.6 Å². The summed E-state index contributed by atoms with van der Waals surface area (Å²) < 4.78 is 1.63. The molecule has 0 aromatic carbocycles. The highest BCUT2D eigenvalue weighted by atomic mass is 16.4. The van der Waals surface area contributed by atoms with Crippen LogP contribution in [0.15, 0.2) is 30.5 Å². The Morgan fingerprint density at radius 3 is 2.69 bits per heavy atom. The Labute approximate surface area is 93.2 Å². The first-order valence-electron chi connectivity index (χ1n) is 4.95. The van der Waals surface area contributed by atoms with Gasteiger partial charge in [-0.3, -0.25) is 4.98 Å². The highest BCUT2D eigenvalue weighted by Crippen LogP contribution is 2.16. The monoisotopic (exact) mass is 216 g/mol. The lowest BCUT2D eigenvalue weighted by Gasteiger charge is -2.09. The first-order chi connectivity index (χ1) is 7.59. The van der Waals surface area contributed by atoms with Crippen molar-refractivity contribution in [1.82, 2.24) is 9.55 Å². The Morgan fingerprint density at radius 2 is 2.06 bits per heavy atom. The SMILES string of the molecule is Cc1ccc(-n2cccc2C(=O)O)c(C)n1. The molecule has 0 amide bonds. The van der Waals surface area contributed by atoms with Crippen molar-refractivity contribution in [3.05, 3.63) is 47.5 Å². The highest BCUT2D eigenvalue weighted by molar-refractivity contribution is 5.86. The van der Waals surface area contributed by atoms with Gasteiger partial charge >= 0.3 is 5.97 Å². The van der Waals surface area contributed by atoms with Crippen LogP contribution in [0, 0.1) is 13.8 Å². The molecule has 0 saturated heterocycles. The molecule has 4 heteroatoms. The van der Waals surface area contributed by atoms with Gasteiger partial charge in [0, 0.05) is 11.9 Å². The van der Waals surface area contributed by atoms with Gasteiger partial charge in [-0.25, -0.2) is 4.79 Å². The van der Waals surface area contributed by atoms with E-state index in [0.29, 0.717) is 0 Å². The Balaban J connectivity index is 2.59. The van der Waals surface area contributed by atoms with E-state index in [1.165, 1.54) is 0 Å². The number of nitrogens with zero attached hydrogens (tertiary/aromatic N) is 2. The number of rotatable bonds is 2. The highest BCUT2D eigenvalue weighted by Gasteiger charge is 2.11. The Morgan fingerprint density at radius 1 is 1.31 bits per heavy atom. The molecule has 0 saturated carbocycles. The Bertz CT molecular complexity index is 544. The Kier molecular flexibility index (Phi) is 2.48. The number of aromatic carboxylic acids is 1. The van der Waals surface area contributed by atoms with Crippen molar-refractivity contribution >= 4 is 5.97 Å². The van der Waals surface area contributed by atoms with E-state index in [9.17, 15) is 4.79 Å². The average Bonchev–Trinajstić information content (AvgIpc) is 2.66. The van der Waals surface area contributed by atoms with Crippen molar-refractivity contribution in [2.75, 3.05) is 0 Å². The van der Waals surface area contributed by atoms with E-state index in [0.717, 1.165) is 17.1 Å². The molecule has 0 atom stereocenters. The van der Waals surface area contributed by atoms with E-state index in [1.54, 1.807) is 22.9 Å². The predicted octanol–water partition coefficient (Wildman–Crippen LogP) is 2.19. The fraction of sp³-hybridized carbons (Fsp3) is 0.167. The van der Waals surface area contributed by atoms with Gasteiger partial charge in [0.1, 0.15) is 5.69 Å². The van der Waals surface area contributed by atoms with Crippen LogP contribution in [0.3, 0.4) is 0 Å². The van der Waals surface area contributed by atoms with Crippen molar-refractivity contribution in [3.8, 4) is 5.69 Å². The molecule has 16 heavy (non-hydrogen) atoms. The zero-order chi connectivity index (χ0) is 11.7. The molecule has 0 bridgehead atoms. The van der Waals surface area contributed by atoms with Gasteiger partial charge in [-0.2, -0.15) is 0 Å². The van der Waals surface area contributed by atoms with Gasteiger partial charge < -0.3 is 9.67 Å². The van der Waals surface area contributed by atoms with Crippen LogP contribution >= 0.6 is 0 Å². The second-order valence-electron chi connectivity index (χ2n) is 3.63. The summed E-state index contributed by atoms with van der Waals surface area (Å²) in [6.45, 7) is 3.78. The number of pyridine rings is 1. The molecular weight excluding hydrogens is 204 g/mol. The molecule has 1 N–H and O–H groups in total. The lowest BCUT2D eigenvalue weighted by Crippen LogP contribution is -2.07. The fourth-order valence-corrected chi connectivity index (χ4v) is 1.70. The maximum atomic E-state index is 11.0. The van der Waals surface area contributed by atoms with E-state index >= 15 is 0 Å². The third-order valence-corrected chi connectivity index (χ3v) is 2.42. The molecule has 2 rings (SSSR count). The normalized spacial score (nSPS) is 10.4. The molecule has 0 aliphatic heterocycles. The van der Waals surface area contributed by atoms with Crippen molar-refractivity contribution in [1.29, 1.82) is 0 Å². The molecule has 4 nitrogen and oxygen atoms in total. The number of hydrogen-bond donors (Lipinski definition) is 1. The lowest BCUT2D eigenvalue weighted by atomic mass is 10.2. The van der Waals surface area contributed by atoms with Crippen LogP contribution < -0.4 is 0 Å². The van der Waals surface area contributed by atoms with Gasteiger partial charge in [0.25, 0.3) is 0 Å². The van der Waals surface area contributed by atoms with Crippen molar-refractivity contribution in [3.63, 3.8) is 0 Å². The van der Waals surface area contributed by atoms with Crippen LogP contribution in [0.5, 0.6) is 0 Å². The van der Waals surface area contributed by atoms with Crippen LogP contribution in [0.1, 0.15) is 21.9 Å². The summed E-state index contributed by atoms with van der Waals surface area (Å²) in [6.07, 6.45) is 1.72. The minimum Gasteiger partial charge on any atom is -0.477 e. The molecule has 2 heterocycles. The van der Waals surface area contributed by atoms with Gasteiger partial charge in [0.05, 0.1) is 11.4 Å². The molecule has 0 aliphatic rings.